The fourth-order valence-electron chi connectivity index (χ4n) is 5.76. The minimum atomic E-state index is -0.345. The molecule has 2 aliphatic rings. The zero-order valence-corrected chi connectivity index (χ0v) is 22.1. The van der Waals surface area contributed by atoms with Crippen molar-refractivity contribution in [2.45, 2.75) is 19.3 Å². The van der Waals surface area contributed by atoms with Crippen LogP contribution in [-0.4, -0.2) is 15.9 Å². The number of aromatic nitrogens is 2. The van der Waals surface area contributed by atoms with Gasteiger partial charge in [0.1, 0.15) is 0 Å². The Morgan fingerprint density at radius 1 is 0.833 bits per heavy atom. The zero-order chi connectivity index (χ0) is 24.2. The molecule has 180 valence electrons. The number of aliphatic hydroxyl groups is 1. The molecule has 2 aromatic heterocycles. The molecule has 2 heterocycles. The first-order valence-corrected chi connectivity index (χ1v) is 11.6. The maximum atomic E-state index is 10.0. The number of ketones is 1. The van der Waals surface area contributed by atoms with Gasteiger partial charge in [-0.05, 0) is 58.7 Å². The molecule has 1 spiro atoms. The van der Waals surface area contributed by atoms with Crippen LogP contribution >= 0.6 is 0 Å². The molecule has 0 amide bonds. The van der Waals surface area contributed by atoms with E-state index in [1.54, 1.807) is 0 Å². The molecule has 36 heavy (non-hydrogen) atoms. The third kappa shape index (κ3) is 3.32. The van der Waals surface area contributed by atoms with Crippen molar-refractivity contribution in [2.75, 3.05) is 0 Å². The number of carbonyl (C=O) groups is 1. The van der Waals surface area contributed by atoms with Crippen molar-refractivity contribution in [3.63, 3.8) is 0 Å². The van der Waals surface area contributed by atoms with Crippen LogP contribution in [0.2, 0.25) is 0 Å². The van der Waals surface area contributed by atoms with Gasteiger partial charge < -0.3 is 10.1 Å². The van der Waals surface area contributed by atoms with Crippen molar-refractivity contribution in [1.82, 2.24) is 9.97 Å². The molecule has 2 aliphatic carbocycles. The summed E-state index contributed by atoms with van der Waals surface area (Å²) in [5.74, 6) is -0.0625. The van der Waals surface area contributed by atoms with E-state index < -0.39 is 0 Å². The van der Waals surface area contributed by atoms with Gasteiger partial charge in [-0.3, -0.25) is 9.78 Å². The molecule has 3 aromatic carbocycles. The first-order valence-electron chi connectivity index (χ1n) is 11.6. The average Bonchev–Trinajstić information content (AvgIpc) is 3.47. The van der Waals surface area contributed by atoms with Crippen LogP contribution in [0.15, 0.2) is 103 Å². The maximum Gasteiger partial charge on any atom is 0.155 e. The molecule has 4 nitrogen and oxygen atoms in total. The molecule has 0 unspecified atom stereocenters. The van der Waals surface area contributed by atoms with E-state index in [0.29, 0.717) is 0 Å². The van der Waals surface area contributed by atoms with Crippen molar-refractivity contribution in [3.05, 3.63) is 125 Å². The Labute approximate surface area is 224 Å². The molecule has 7 rings (SSSR count). The van der Waals surface area contributed by atoms with E-state index in [0.717, 1.165) is 16.9 Å². The molecule has 0 fully saturated rings. The van der Waals surface area contributed by atoms with E-state index in [1.807, 2.05) is 6.20 Å². The van der Waals surface area contributed by atoms with Crippen LogP contribution in [0.5, 0.6) is 0 Å². The maximum absolute atomic E-state index is 10.0. The van der Waals surface area contributed by atoms with E-state index in [4.69, 9.17) is 15.1 Å². The summed E-state index contributed by atoms with van der Waals surface area (Å²) in [5.41, 5.74) is 10.6. The van der Waals surface area contributed by atoms with Crippen LogP contribution in [0.3, 0.4) is 0 Å². The Hall–Kier alpha value is -3.75. The molecular formula is C31H23N2O2Pt-. The Kier molecular flexibility index (Phi) is 6.02. The second-order valence-corrected chi connectivity index (χ2v) is 8.99. The largest absolute Gasteiger partial charge is 0.655 e. The van der Waals surface area contributed by atoms with Crippen LogP contribution in [-0.2, 0) is 31.3 Å². The van der Waals surface area contributed by atoms with Crippen molar-refractivity contribution < 1.29 is 31.0 Å². The van der Waals surface area contributed by atoms with Crippen molar-refractivity contribution in [3.8, 4) is 22.5 Å². The molecule has 5 heteroatoms. The Bertz CT molecular complexity index is 1620. The fraction of sp³-hybridized carbons (Fsp3) is 0.0968. The summed E-state index contributed by atoms with van der Waals surface area (Å²) in [6.45, 7) is 2.85. The molecule has 0 saturated carbocycles. The van der Waals surface area contributed by atoms with E-state index in [2.05, 4.69) is 84.9 Å². The van der Waals surface area contributed by atoms with Crippen LogP contribution < -0.4 is 4.98 Å². The molecule has 0 radical (unpaired) electrons. The second kappa shape index (κ2) is 9.04. The summed E-state index contributed by atoms with van der Waals surface area (Å²) in [6, 6.07) is 30.4. The van der Waals surface area contributed by atoms with Crippen LogP contribution in [0, 0.1) is 0 Å². The number of para-hydroxylation sites is 1. The van der Waals surface area contributed by atoms with Gasteiger partial charge in [-0.2, -0.15) is 0 Å². The van der Waals surface area contributed by atoms with E-state index in [9.17, 15) is 4.79 Å². The number of allylic oxidation sites excluding steroid dienone is 2. The molecule has 0 bridgehead atoms. The number of hydrogen-bond donors (Lipinski definition) is 1. The van der Waals surface area contributed by atoms with Crippen LogP contribution in [0.25, 0.3) is 33.4 Å². The predicted molar refractivity (Wildman–Crippen MR) is 138 cm³/mol. The molecule has 0 aliphatic heterocycles. The van der Waals surface area contributed by atoms with Crippen molar-refractivity contribution >= 4 is 16.7 Å². The molecule has 5 aromatic rings. The average molecular weight is 651 g/mol. The summed E-state index contributed by atoms with van der Waals surface area (Å²) < 4.78 is 0. The Balaban J connectivity index is 0.000000297. The molecule has 0 saturated heterocycles. The van der Waals surface area contributed by atoms with Gasteiger partial charge in [0.05, 0.1) is 16.9 Å². The summed E-state index contributed by atoms with van der Waals surface area (Å²) in [7, 11) is 0. The smallest absolute Gasteiger partial charge is 0.155 e. The normalized spacial score (nSPS) is 13.7. The quantitative estimate of drug-likeness (QED) is 0.161. The summed E-state index contributed by atoms with van der Waals surface area (Å²) >= 11 is 0. The van der Waals surface area contributed by atoms with Crippen LogP contribution in [0.1, 0.15) is 36.1 Å². The van der Waals surface area contributed by atoms with Crippen molar-refractivity contribution in [1.29, 1.82) is 0 Å². The van der Waals surface area contributed by atoms with E-state index in [-0.39, 0.29) is 38.0 Å². The topological polar surface area (TPSA) is 64.3 Å². The fourth-order valence-corrected chi connectivity index (χ4v) is 5.76. The van der Waals surface area contributed by atoms with Crippen molar-refractivity contribution in [2.24, 2.45) is 0 Å². The first kappa shape index (κ1) is 24.0. The van der Waals surface area contributed by atoms with E-state index >= 15 is 0 Å². The Morgan fingerprint density at radius 2 is 1.42 bits per heavy atom. The van der Waals surface area contributed by atoms with Gasteiger partial charge in [0, 0.05) is 33.3 Å². The number of pyridine rings is 1. The summed E-state index contributed by atoms with van der Waals surface area (Å²) in [6.07, 6.45) is 3.05. The second-order valence-electron chi connectivity index (χ2n) is 8.99. The van der Waals surface area contributed by atoms with Gasteiger partial charge in [-0.1, -0.05) is 78.9 Å². The van der Waals surface area contributed by atoms with Gasteiger partial charge in [0.2, 0.25) is 0 Å². The van der Waals surface area contributed by atoms with E-state index in [1.165, 1.54) is 58.7 Å². The number of carbonyl (C=O) groups excluding carboxylic acids is 1. The third-order valence-corrected chi connectivity index (χ3v) is 6.82. The summed E-state index contributed by atoms with van der Waals surface area (Å²) in [5, 5.41) is 9.59. The number of hydrogen-bond acceptors (Lipinski definition) is 3. The molecule has 1 N–H and O–H groups in total. The number of benzene rings is 3. The predicted octanol–water partition coefficient (Wildman–Crippen LogP) is 6.57. The Morgan fingerprint density at radius 3 is 2.03 bits per heavy atom. The minimum absolute atomic E-state index is 0. The summed E-state index contributed by atoms with van der Waals surface area (Å²) in [4.78, 5) is 19.9. The molecule has 0 atom stereocenters. The minimum Gasteiger partial charge on any atom is -0.655 e. The van der Waals surface area contributed by atoms with Gasteiger partial charge >= 0.3 is 0 Å². The first-order chi connectivity index (χ1) is 17.0. The van der Waals surface area contributed by atoms with Gasteiger partial charge in [-0.15, -0.1) is 11.2 Å². The number of fused-ring (bicyclic) bond motifs is 12. The zero-order valence-electron chi connectivity index (χ0n) is 19.8. The number of nitrogens with zero attached hydrogens (tertiary/aromatic N) is 2. The van der Waals surface area contributed by atoms with Gasteiger partial charge in [-0.25, -0.2) is 0 Å². The number of aliphatic hydroxyl groups excluding tert-OH is 1. The monoisotopic (exact) mass is 650 g/mol. The van der Waals surface area contributed by atoms with Gasteiger partial charge in [0.25, 0.3) is 0 Å². The third-order valence-electron chi connectivity index (χ3n) is 6.82. The van der Waals surface area contributed by atoms with Gasteiger partial charge in [0.15, 0.2) is 5.78 Å². The standard InChI is InChI=1S/C26H15N2.C5H8O2.Pt/c1-4-11-19-16(8-1)17-9-2-5-12-20(17)26(19)21-13-7-15-27-24(21)25-23(26)18-10-3-6-14-22(18)28-25;1-4(6)3-5(2)7;/h1-15H;3,6H,1-2H3;/q-1;;/b;4-3-;. The SMILES string of the molecule is CC(=O)/C=C(/C)O.[Pt].c1ccc2c(c1)-c1ccccc1C21c2cccnc2-c2[n-]c3ccccc3c21. The molecular weight excluding hydrogens is 627 g/mol. The number of rotatable bonds is 1. The van der Waals surface area contributed by atoms with Crippen LogP contribution in [0.4, 0.5) is 0 Å².